The number of hydrogen-bond acceptors (Lipinski definition) is 6. The minimum absolute atomic E-state index is 0. The second-order valence-electron chi connectivity index (χ2n) is 6.16. The van der Waals surface area contributed by atoms with Crippen LogP contribution in [0.25, 0.3) is 11.3 Å². The number of carbonyl (C=O) groups is 1. The van der Waals surface area contributed by atoms with E-state index in [1.165, 1.54) is 0 Å². The van der Waals surface area contributed by atoms with Crippen LogP contribution in [-0.4, -0.2) is 50.5 Å². The summed E-state index contributed by atoms with van der Waals surface area (Å²) in [5.41, 5.74) is 1.15. The zero-order valence-electron chi connectivity index (χ0n) is 15.1. The number of aromatic nitrogens is 1. The number of amides is 1. The van der Waals surface area contributed by atoms with Crippen molar-refractivity contribution in [2.75, 3.05) is 38.7 Å². The number of benzene rings is 1. The molecule has 0 saturated carbocycles. The fourth-order valence-corrected chi connectivity index (χ4v) is 3.04. The number of halogens is 2. The monoisotopic (exact) mass is 414 g/mol. The molecule has 3 rings (SSSR count). The fraction of sp³-hybridized carbons (Fsp3) is 0.444. The van der Waals surface area contributed by atoms with Gasteiger partial charge in [0.05, 0.1) is 6.61 Å². The molecule has 0 aliphatic carbocycles. The standard InChI is InChI=1S/C18H23ClN4O3.ClH/c1-25-11-10-21-17-15(18(24)22-14-6-8-20-9-7-14)16(26-23-17)12-2-4-13(19)5-3-12;/h2-5,14,20H,6-11H2,1H3,(H,21,23)(H,22,24);1H. The van der Waals surface area contributed by atoms with Gasteiger partial charge in [-0.2, -0.15) is 0 Å². The summed E-state index contributed by atoms with van der Waals surface area (Å²) in [6, 6.07) is 7.27. The van der Waals surface area contributed by atoms with Gasteiger partial charge in [0.25, 0.3) is 5.91 Å². The van der Waals surface area contributed by atoms with E-state index in [2.05, 4.69) is 21.1 Å². The summed E-state index contributed by atoms with van der Waals surface area (Å²) in [5.74, 6) is 0.648. The van der Waals surface area contributed by atoms with Gasteiger partial charge in [0.1, 0.15) is 5.56 Å². The van der Waals surface area contributed by atoms with Crippen molar-refractivity contribution >= 4 is 35.7 Å². The van der Waals surface area contributed by atoms with E-state index < -0.39 is 0 Å². The van der Waals surface area contributed by atoms with Gasteiger partial charge in [-0.3, -0.25) is 4.79 Å². The molecule has 2 heterocycles. The van der Waals surface area contributed by atoms with Gasteiger partial charge in [-0.15, -0.1) is 12.4 Å². The van der Waals surface area contributed by atoms with Gasteiger partial charge >= 0.3 is 0 Å². The van der Waals surface area contributed by atoms with Crippen LogP contribution in [0, 0.1) is 0 Å². The van der Waals surface area contributed by atoms with Gasteiger partial charge in [-0.1, -0.05) is 16.8 Å². The second kappa shape index (κ2) is 10.5. The maximum Gasteiger partial charge on any atom is 0.259 e. The lowest BCUT2D eigenvalue weighted by molar-refractivity contribution is 0.0930. The highest BCUT2D eigenvalue weighted by Crippen LogP contribution is 2.30. The molecular formula is C18H24Cl2N4O3. The molecule has 1 amide bonds. The molecule has 0 radical (unpaired) electrons. The molecule has 0 bridgehead atoms. The minimum Gasteiger partial charge on any atom is -0.383 e. The number of ether oxygens (including phenoxy) is 1. The van der Waals surface area contributed by atoms with Gasteiger partial charge in [-0.25, -0.2) is 0 Å². The van der Waals surface area contributed by atoms with Gasteiger partial charge in [-0.05, 0) is 50.2 Å². The Morgan fingerprint density at radius 2 is 2.04 bits per heavy atom. The summed E-state index contributed by atoms with van der Waals surface area (Å²) in [6.07, 6.45) is 1.81. The smallest absolute Gasteiger partial charge is 0.259 e. The number of carbonyl (C=O) groups excluding carboxylic acids is 1. The molecule has 1 aliphatic rings. The number of anilines is 1. The highest BCUT2D eigenvalue weighted by atomic mass is 35.5. The molecule has 27 heavy (non-hydrogen) atoms. The van der Waals surface area contributed by atoms with Gasteiger partial charge in [0, 0.05) is 30.3 Å². The van der Waals surface area contributed by atoms with Crippen molar-refractivity contribution in [3.63, 3.8) is 0 Å². The van der Waals surface area contributed by atoms with Crippen LogP contribution in [0.2, 0.25) is 5.02 Å². The molecule has 1 aliphatic heterocycles. The summed E-state index contributed by atoms with van der Waals surface area (Å²) in [7, 11) is 1.62. The van der Waals surface area contributed by atoms with Crippen LogP contribution >= 0.6 is 24.0 Å². The molecule has 2 aromatic rings. The Bertz CT molecular complexity index is 731. The maximum atomic E-state index is 13.0. The van der Waals surface area contributed by atoms with Crippen LogP contribution in [0.15, 0.2) is 28.8 Å². The lowest BCUT2D eigenvalue weighted by Crippen LogP contribution is -2.42. The first-order chi connectivity index (χ1) is 12.7. The van der Waals surface area contributed by atoms with Gasteiger partial charge < -0.3 is 25.2 Å². The number of hydrogen-bond donors (Lipinski definition) is 3. The third kappa shape index (κ3) is 5.59. The van der Waals surface area contributed by atoms with E-state index in [9.17, 15) is 4.79 Å². The zero-order chi connectivity index (χ0) is 18.4. The van der Waals surface area contributed by atoms with E-state index in [0.717, 1.165) is 31.5 Å². The van der Waals surface area contributed by atoms with Crippen LogP contribution in [0.5, 0.6) is 0 Å². The molecule has 0 atom stereocenters. The third-order valence-electron chi connectivity index (χ3n) is 4.30. The number of nitrogens with one attached hydrogen (secondary N) is 3. The first-order valence-corrected chi connectivity index (χ1v) is 9.07. The van der Waals surface area contributed by atoms with Crippen molar-refractivity contribution in [1.82, 2.24) is 15.8 Å². The fourth-order valence-electron chi connectivity index (χ4n) is 2.92. The molecule has 1 aromatic carbocycles. The van der Waals surface area contributed by atoms with Crippen molar-refractivity contribution in [1.29, 1.82) is 0 Å². The van der Waals surface area contributed by atoms with E-state index in [-0.39, 0.29) is 24.4 Å². The predicted octanol–water partition coefficient (Wildman–Crippen LogP) is 2.96. The van der Waals surface area contributed by atoms with Crippen LogP contribution in [0.4, 0.5) is 5.82 Å². The van der Waals surface area contributed by atoms with E-state index in [1.807, 2.05) is 12.1 Å². The molecule has 0 spiro atoms. The van der Waals surface area contributed by atoms with Crippen molar-refractivity contribution in [2.45, 2.75) is 18.9 Å². The van der Waals surface area contributed by atoms with Crippen LogP contribution < -0.4 is 16.0 Å². The molecule has 7 nitrogen and oxygen atoms in total. The van der Waals surface area contributed by atoms with Crippen molar-refractivity contribution in [3.8, 4) is 11.3 Å². The molecular weight excluding hydrogens is 391 g/mol. The Morgan fingerprint density at radius 3 is 2.70 bits per heavy atom. The molecule has 1 saturated heterocycles. The Kier molecular flexibility index (Phi) is 8.37. The third-order valence-corrected chi connectivity index (χ3v) is 4.55. The maximum absolute atomic E-state index is 13.0. The van der Waals surface area contributed by atoms with E-state index in [0.29, 0.717) is 35.3 Å². The lowest BCUT2D eigenvalue weighted by atomic mass is 10.0. The summed E-state index contributed by atoms with van der Waals surface area (Å²) in [6.45, 7) is 2.82. The zero-order valence-corrected chi connectivity index (χ0v) is 16.7. The normalized spacial score (nSPS) is 14.4. The van der Waals surface area contributed by atoms with Crippen molar-refractivity contribution in [2.24, 2.45) is 0 Å². The highest BCUT2D eigenvalue weighted by molar-refractivity contribution is 6.30. The quantitative estimate of drug-likeness (QED) is 0.603. The number of methoxy groups -OCH3 is 1. The molecule has 1 aromatic heterocycles. The average Bonchev–Trinajstić information content (AvgIpc) is 3.07. The highest BCUT2D eigenvalue weighted by Gasteiger charge is 2.26. The van der Waals surface area contributed by atoms with Gasteiger partial charge in [0.2, 0.25) is 0 Å². The Hall–Kier alpha value is -1.80. The van der Waals surface area contributed by atoms with Crippen molar-refractivity contribution in [3.05, 3.63) is 34.9 Å². The summed E-state index contributed by atoms with van der Waals surface area (Å²) in [5, 5.41) is 14.2. The first-order valence-electron chi connectivity index (χ1n) is 8.69. The van der Waals surface area contributed by atoms with Gasteiger partial charge in [0.15, 0.2) is 11.6 Å². The van der Waals surface area contributed by atoms with Crippen molar-refractivity contribution < 1.29 is 14.1 Å². The minimum atomic E-state index is -0.192. The summed E-state index contributed by atoms with van der Waals surface area (Å²) < 4.78 is 10.5. The van der Waals surface area contributed by atoms with E-state index in [4.69, 9.17) is 20.9 Å². The number of rotatable bonds is 7. The number of nitrogens with zero attached hydrogens (tertiary/aromatic N) is 1. The Labute approximate surface area is 169 Å². The summed E-state index contributed by atoms with van der Waals surface area (Å²) in [4.78, 5) is 13.0. The number of piperidine rings is 1. The Morgan fingerprint density at radius 1 is 1.33 bits per heavy atom. The average molecular weight is 415 g/mol. The van der Waals surface area contributed by atoms with E-state index in [1.54, 1.807) is 19.2 Å². The predicted molar refractivity (Wildman–Crippen MR) is 108 cm³/mol. The summed E-state index contributed by atoms with van der Waals surface area (Å²) >= 11 is 5.96. The second-order valence-corrected chi connectivity index (χ2v) is 6.60. The topological polar surface area (TPSA) is 88.4 Å². The SMILES string of the molecule is COCCNc1noc(-c2ccc(Cl)cc2)c1C(=O)NC1CCNCC1.Cl. The molecule has 148 valence electrons. The van der Waals surface area contributed by atoms with Crippen LogP contribution in [-0.2, 0) is 4.74 Å². The lowest BCUT2D eigenvalue weighted by Gasteiger charge is -2.23. The first kappa shape index (κ1) is 21.5. The molecule has 0 unspecified atom stereocenters. The largest absolute Gasteiger partial charge is 0.383 e. The van der Waals surface area contributed by atoms with Crippen LogP contribution in [0.3, 0.4) is 0 Å². The molecule has 3 N–H and O–H groups in total. The Balaban J connectivity index is 0.00000261. The van der Waals surface area contributed by atoms with Crippen LogP contribution in [0.1, 0.15) is 23.2 Å². The molecule has 1 fully saturated rings. The molecule has 9 heteroatoms. The van der Waals surface area contributed by atoms with E-state index >= 15 is 0 Å².